The van der Waals surface area contributed by atoms with Crippen molar-refractivity contribution in [2.45, 2.75) is 18.0 Å². The number of hydrogen-bond donors (Lipinski definition) is 0. The van der Waals surface area contributed by atoms with Gasteiger partial charge in [0.15, 0.2) is 5.41 Å². The number of halogens is 3. The van der Waals surface area contributed by atoms with E-state index in [1.165, 1.54) is 25.7 Å². The summed E-state index contributed by atoms with van der Waals surface area (Å²) in [5, 5.41) is 3.70. The molecule has 0 radical (unpaired) electrons. The summed E-state index contributed by atoms with van der Waals surface area (Å²) in [7, 11) is 1.41. The number of ether oxygens (including phenoxy) is 1. The van der Waals surface area contributed by atoms with Gasteiger partial charge in [0.1, 0.15) is 17.8 Å². The molecule has 3 aromatic rings. The summed E-state index contributed by atoms with van der Waals surface area (Å²) in [5.74, 6) is 0.152. The van der Waals surface area contributed by atoms with Crippen LogP contribution >= 0.6 is 0 Å². The Bertz CT molecular complexity index is 965. The monoisotopic (exact) mass is 392 g/mol. The molecule has 0 bridgehead atoms. The fraction of sp³-hybridized carbons (Fsp3) is 0.353. The molecule has 1 fully saturated rings. The zero-order valence-electron chi connectivity index (χ0n) is 14.7. The molecule has 0 spiro atoms. The van der Waals surface area contributed by atoms with Gasteiger partial charge in [0.2, 0.25) is 17.6 Å². The number of hydrogen-bond acceptors (Lipinski definition) is 8. The third-order valence-corrected chi connectivity index (χ3v) is 4.70. The normalized spacial score (nSPS) is 19.8. The molecule has 0 N–H and O–H groups in total. The molecule has 11 heteroatoms. The van der Waals surface area contributed by atoms with Crippen LogP contribution in [-0.2, 0) is 5.41 Å². The number of anilines is 1. The fourth-order valence-corrected chi connectivity index (χ4v) is 3.17. The van der Waals surface area contributed by atoms with Gasteiger partial charge in [-0.25, -0.2) is 15.0 Å². The standard InChI is InChI=1S/C17H15F3N6O2/c1-27-13-8-11(22-10-23-13)14-24-15(28-25-14)16(17(18,19)20)5-7-26(9-16)12-4-2-3-6-21-12/h2-4,6,8,10H,5,7,9H2,1H3. The van der Waals surface area contributed by atoms with Gasteiger partial charge in [-0.1, -0.05) is 11.2 Å². The summed E-state index contributed by atoms with van der Waals surface area (Å²) in [5.41, 5.74) is -2.08. The summed E-state index contributed by atoms with van der Waals surface area (Å²) in [6.07, 6.45) is -2.05. The van der Waals surface area contributed by atoms with Crippen molar-refractivity contribution in [2.24, 2.45) is 0 Å². The van der Waals surface area contributed by atoms with Crippen LogP contribution in [0.4, 0.5) is 19.0 Å². The van der Waals surface area contributed by atoms with E-state index >= 15 is 0 Å². The largest absolute Gasteiger partial charge is 0.481 e. The second-order valence-corrected chi connectivity index (χ2v) is 6.31. The highest BCUT2D eigenvalue weighted by molar-refractivity contribution is 5.50. The van der Waals surface area contributed by atoms with Crippen LogP contribution in [-0.4, -0.2) is 51.5 Å². The van der Waals surface area contributed by atoms with E-state index in [9.17, 15) is 13.2 Å². The van der Waals surface area contributed by atoms with Crippen LogP contribution in [0.15, 0.2) is 41.3 Å². The second kappa shape index (κ2) is 6.73. The topological polar surface area (TPSA) is 90.1 Å². The molecule has 8 nitrogen and oxygen atoms in total. The van der Waals surface area contributed by atoms with Crippen molar-refractivity contribution in [1.29, 1.82) is 0 Å². The lowest BCUT2D eigenvalue weighted by Gasteiger charge is -2.28. The molecule has 0 amide bonds. The molecular weight excluding hydrogens is 377 g/mol. The van der Waals surface area contributed by atoms with Crippen molar-refractivity contribution in [2.75, 3.05) is 25.1 Å². The van der Waals surface area contributed by atoms with E-state index in [4.69, 9.17) is 9.26 Å². The van der Waals surface area contributed by atoms with Gasteiger partial charge >= 0.3 is 6.18 Å². The van der Waals surface area contributed by atoms with Gasteiger partial charge < -0.3 is 14.2 Å². The molecule has 0 saturated carbocycles. The summed E-state index contributed by atoms with van der Waals surface area (Å²) < 4.78 is 52.4. The van der Waals surface area contributed by atoms with E-state index in [-0.39, 0.29) is 36.9 Å². The lowest BCUT2D eigenvalue weighted by Crippen LogP contribution is -2.45. The van der Waals surface area contributed by atoms with E-state index in [1.54, 1.807) is 23.1 Å². The molecular formula is C17H15F3N6O2. The SMILES string of the molecule is COc1cc(-c2noc(C3(C(F)(F)F)CCN(c4ccccn4)C3)n2)ncn1. The first kappa shape index (κ1) is 18.1. The summed E-state index contributed by atoms with van der Waals surface area (Å²) in [6, 6.07) is 6.52. The van der Waals surface area contributed by atoms with Crippen LogP contribution < -0.4 is 9.64 Å². The number of nitrogens with zero attached hydrogens (tertiary/aromatic N) is 6. The first-order valence-electron chi connectivity index (χ1n) is 8.36. The second-order valence-electron chi connectivity index (χ2n) is 6.31. The van der Waals surface area contributed by atoms with Crippen LogP contribution in [0.25, 0.3) is 11.5 Å². The summed E-state index contributed by atoms with van der Waals surface area (Å²) >= 11 is 0. The molecule has 0 aromatic carbocycles. The van der Waals surface area contributed by atoms with Crippen molar-refractivity contribution < 1.29 is 22.4 Å². The number of methoxy groups -OCH3 is 1. The molecule has 1 saturated heterocycles. The smallest absolute Gasteiger partial charge is 0.405 e. The Hall–Kier alpha value is -3.24. The van der Waals surface area contributed by atoms with Crippen LogP contribution in [0.2, 0.25) is 0 Å². The Morgan fingerprint density at radius 1 is 1.21 bits per heavy atom. The zero-order valence-corrected chi connectivity index (χ0v) is 14.7. The first-order chi connectivity index (χ1) is 13.4. The third-order valence-electron chi connectivity index (χ3n) is 4.70. The predicted octanol–water partition coefficient (Wildman–Crippen LogP) is 2.64. The highest BCUT2D eigenvalue weighted by Gasteiger charge is 2.63. The minimum Gasteiger partial charge on any atom is -0.481 e. The molecule has 1 unspecified atom stereocenters. The first-order valence-corrected chi connectivity index (χ1v) is 8.36. The van der Waals surface area contributed by atoms with Crippen molar-refractivity contribution >= 4 is 5.82 Å². The quantitative estimate of drug-likeness (QED) is 0.669. The van der Waals surface area contributed by atoms with E-state index in [0.717, 1.165) is 0 Å². The molecule has 146 valence electrons. The van der Waals surface area contributed by atoms with Crippen LogP contribution in [0.1, 0.15) is 12.3 Å². The van der Waals surface area contributed by atoms with E-state index < -0.39 is 17.5 Å². The maximum atomic E-state index is 14.1. The Balaban J connectivity index is 1.69. The average molecular weight is 392 g/mol. The van der Waals surface area contributed by atoms with Gasteiger partial charge in [-0.2, -0.15) is 18.2 Å². The van der Waals surface area contributed by atoms with E-state index in [2.05, 4.69) is 25.1 Å². The number of aromatic nitrogens is 5. The zero-order chi connectivity index (χ0) is 19.8. The molecule has 4 heterocycles. The van der Waals surface area contributed by atoms with Crippen LogP contribution in [0.5, 0.6) is 5.88 Å². The lowest BCUT2D eigenvalue weighted by atomic mass is 9.86. The molecule has 0 aliphatic carbocycles. The van der Waals surface area contributed by atoms with Gasteiger partial charge in [0, 0.05) is 25.4 Å². The maximum absolute atomic E-state index is 14.1. The van der Waals surface area contributed by atoms with E-state index in [1.807, 2.05) is 0 Å². The van der Waals surface area contributed by atoms with Gasteiger partial charge in [-0.3, -0.25) is 0 Å². The Morgan fingerprint density at radius 3 is 2.79 bits per heavy atom. The van der Waals surface area contributed by atoms with Crippen LogP contribution in [0.3, 0.4) is 0 Å². The van der Waals surface area contributed by atoms with E-state index in [0.29, 0.717) is 5.82 Å². The average Bonchev–Trinajstić information content (AvgIpc) is 3.36. The highest BCUT2D eigenvalue weighted by Crippen LogP contribution is 2.48. The number of rotatable bonds is 4. The molecule has 1 aliphatic rings. The van der Waals surface area contributed by atoms with Crippen molar-refractivity contribution in [3.63, 3.8) is 0 Å². The molecule has 4 rings (SSSR count). The number of pyridine rings is 1. The lowest BCUT2D eigenvalue weighted by molar-refractivity contribution is -0.191. The number of alkyl halides is 3. The molecule has 1 aliphatic heterocycles. The van der Waals surface area contributed by atoms with Crippen molar-refractivity contribution in [3.8, 4) is 17.4 Å². The summed E-state index contributed by atoms with van der Waals surface area (Å²) in [6.45, 7) is -0.197. The molecule has 3 aromatic heterocycles. The molecule has 1 atom stereocenters. The van der Waals surface area contributed by atoms with Gasteiger partial charge in [0.05, 0.1) is 7.11 Å². The minimum atomic E-state index is -4.58. The Morgan fingerprint density at radius 2 is 2.07 bits per heavy atom. The van der Waals surface area contributed by atoms with Crippen LogP contribution in [0, 0.1) is 0 Å². The summed E-state index contributed by atoms with van der Waals surface area (Å²) in [4.78, 5) is 17.5. The van der Waals surface area contributed by atoms with Gasteiger partial charge in [0.25, 0.3) is 0 Å². The van der Waals surface area contributed by atoms with Crippen molar-refractivity contribution in [3.05, 3.63) is 42.7 Å². The van der Waals surface area contributed by atoms with Crippen molar-refractivity contribution in [1.82, 2.24) is 25.1 Å². The maximum Gasteiger partial charge on any atom is 0.405 e. The van der Waals surface area contributed by atoms with Gasteiger partial charge in [-0.05, 0) is 18.6 Å². The third kappa shape index (κ3) is 3.02. The Labute approximate surface area is 157 Å². The predicted molar refractivity (Wildman–Crippen MR) is 90.7 cm³/mol. The fourth-order valence-electron chi connectivity index (χ4n) is 3.17. The highest BCUT2D eigenvalue weighted by atomic mass is 19.4. The molecule has 28 heavy (non-hydrogen) atoms. The minimum absolute atomic E-state index is 0.0596. The van der Waals surface area contributed by atoms with Gasteiger partial charge in [-0.15, -0.1) is 0 Å². The Kier molecular flexibility index (Phi) is 4.36.